The summed E-state index contributed by atoms with van der Waals surface area (Å²) in [5.74, 6) is -0.0788. The van der Waals surface area contributed by atoms with Crippen molar-refractivity contribution in [1.82, 2.24) is 4.90 Å². The SMILES string of the molecule is CC(C)C1CC(=O)N(CCOCCC(=O)C(C)(C)C)C1=O. The highest BCUT2D eigenvalue weighted by Gasteiger charge is 2.39. The van der Waals surface area contributed by atoms with Crippen LogP contribution in [0.15, 0.2) is 0 Å². The van der Waals surface area contributed by atoms with Crippen molar-refractivity contribution in [2.24, 2.45) is 17.3 Å². The van der Waals surface area contributed by atoms with Crippen molar-refractivity contribution in [2.75, 3.05) is 19.8 Å². The van der Waals surface area contributed by atoms with E-state index in [1.807, 2.05) is 34.6 Å². The van der Waals surface area contributed by atoms with Crippen molar-refractivity contribution in [1.29, 1.82) is 0 Å². The van der Waals surface area contributed by atoms with Crippen LogP contribution in [0, 0.1) is 17.3 Å². The normalized spacial score (nSPS) is 19.7. The second-order valence-electron chi connectivity index (χ2n) is 6.97. The van der Waals surface area contributed by atoms with E-state index < -0.39 is 0 Å². The number of hydrogen-bond acceptors (Lipinski definition) is 4. The van der Waals surface area contributed by atoms with Crippen LogP contribution in [-0.2, 0) is 19.1 Å². The van der Waals surface area contributed by atoms with Gasteiger partial charge in [-0.25, -0.2) is 0 Å². The minimum absolute atomic E-state index is 0.0932. The zero-order valence-corrected chi connectivity index (χ0v) is 13.8. The van der Waals surface area contributed by atoms with Crippen molar-refractivity contribution in [3.8, 4) is 0 Å². The Hall–Kier alpha value is -1.23. The maximum atomic E-state index is 12.1. The van der Waals surface area contributed by atoms with E-state index in [4.69, 9.17) is 4.74 Å². The number of ketones is 1. The zero-order chi connectivity index (χ0) is 16.2. The predicted octanol–water partition coefficient (Wildman–Crippen LogP) is 2.04. The van der Waals surface area contributed by atoms with E-state index in [0.29, 0.717) is 26.1 Å². The molecule has 0 saturated carbocycles. The molecule has 0 aliphatic carbocycles. The fourth-order valence-corrected chi connectivity index (χ4v) is 2.26. The first-order chi connectivity index (χ1) is 9.64. The van der Waals surface area contributed by atoms with Crippen LogP contribution in [0.5, 0.6) is 0 Å². The number of likely N-dealkylation sites (tertiary alicyclic amines) is 1. The maximum Gasteiger partial charge on any atom is 0.233 e. The van der Waals surface area contributed by atoms with Gasteiger partial charge in [0.2, 0.25) is 11.8 Å². The largest absolute Gasteiger partial charge is 0.379 e. The highest BCUT2D eigenvalue weighted by atomic mass is 16.5. The van der Waals surface area contributed by atoms with Gasteiger partial charge in [-0.1, -0.05) is 34.6 Å². The summed E-state index contributed by atoms with van der Waals surface area (Å²) >= 11 is 0. The standard InChI is InChI=1S/C16H27NO4/c1-11(2)12-10-14(19)17(15(12)20)7-9-21-8-6-13(18)16(3,4)5/h11-12H,6-10H2,1-5H3. The molecule has 21 heavy (non-hydrogen) atoms. The Morgan fingerprint density at radius 1 is 1.29 bits per heavy atom. The molecule has 5 heteroatoms. The van der Waals surface area contributed by atoms with Gasteiger partial charge >= 0.3 is 0 Å². The molecule has 0 spiro atoms. The molecule has 0 bridgehead atoms. The zero-order valence-electron chi connectivity index (χ0n) is 13.8. The predicted molar refractivity (Wildman–Crippen MR) is 79.6 cm³/mol. The Balaban J connectivity index is 2.29. The monoisotopic (exact) mass is 297 g/mol. The van der Waals surface area contributed by atoms with Gasteiger partial charge in [0.1, 0.15) is 5.78 Å². The van der Waals surface area contributed by atoms with Crippen LogP contribution in [0.4, 0.5) is 0 Å². The van der Waals surface area contributed by atoms with Gasteiger partial charge in [0.25, 0.3) is 0 Å². The molecule has 0 aromatic carbocycles. The van der Waals surface area contributed by atoms with Crippen LogP contribution >= 0.6 is 0 Å². The highest BCUT2D eigenvalue weighted by Crippen LogP contribution is 2.26. The van der Waals surface area contributed by atoms with E-state index in [0.717, 1.165) is 0 Å². The first-order valence-corrected chi connectivity index (χ1v) is 7.60. The highest BCUT2D eigenvalue weighted by molar-refractivity contribution is 6.03. The van der Waals surface area contributed by atoms with Crippen LogP contribution in [0.3, 0.4) is 0 Å². The lowest BCUT2D eigenvalue weighted by molar-refractivity contribution is -0.141. The van der Waals surface area contributed by atoms with Crippen molar-refractivity contribution in [3.63, 3.8) is 0 Å². The number of imide groups is 1. The molecule has 0 N–H and O–H groups in total. The van der Waals surface area contributed by atoms with E-state index in [2.05, 4.69) is 0 Å². The van der Waals surface area contributed by atoms with Gasteiger partial charge in [0, 0.05) is 24.2 Å². The number of carbonyl (C=O) groups excluding carboxylic acids is 3. The van der Waals surface area contributed by atoms with Crippen LogP contribution in [0.25, 0.3) is 0 Å². The number of nitrogens with zero attached hydrogens (tertiary/aromatic N) is 1. The molecule has 5 nitrogen and oxygen atoms in total. The van der Waals surface area contributed by atoms with E-state index in [1.54, 1.807) is 0 Å². The molecule has 1 fully saturated rings. The summed E-state index contributed by atoms with van der Waals surface area (Å²) in [6.45, 7) is 10.4. The number of amides is 2. The summed E-state index contributed by atoms with van der Waals surface area (Å²) in [6.07, 6.45) is 0.666. The van der Waals surface area contributed by atoms with Gasteiger partial charge < -0.3 is 4.74 Å². The summed E-state index contributed by atoms with van der Waals surface area (Å²) in [6, 6.07) is 0. The molecule has 1 saturated heterocycles. The fraction of sp³-hybridized carbons (Fsp3) is 0.812. The molecule has 2 amide bonds. The Kier molecular flexibility index (Phi) is 6.08. The Morgan fingerprint density at radius 3 is 2.38 bits per heavy atom. The van der Waals surface area contributed by atoms with Gasteiger partial charge in [-0.3, -0.25) is 19.3 Å². The third kappa shape index (κ3) is 4.92. The Morgan fingerprint density at radius 2 is 1.90 bits per heavy atom. The number of carbonyl (C=O) groups is 3. The van der Waals surface area contributed by atoms with Crippen LogP contribution in [-0.4, -0.2) is 42.3 Å². The molecule has 1 atom stereocenters. The summed E-state index contributed by atoms with van der Waals surface area (Å²) in [5.41, 5.74) is -0.352. The quantitative estimate of drug-likeness (QED) is 0.533. The number of Topliss-reactive ketones (excluding diaryl/α,β-unsaturated/α-hetero) is 1. The summed E-state index contributed by atoms with van der Waals surface area (Å²) in [5, 5.41) is 0. The molecule has 1 aliphatic rings. The van der Waals surface area contributed by atoms with Crippen molar-refractivity contribution < 1.29 is 19.1 Å². The molecule has 0 aromatic rings. The Labute approximate surface area is 127 Å². The van der Waals surface area contributed by atoms with Crippen molar-refractivity contribution >= 4 is 17.6 Å². The number of ether oxygens (including phenoxy) is 1. The fourth-order valence-electron chi connectivity index (χ4n) is 2.26. The van der Waals surface area contributed by atoms with Crippen LogP contribution in [0.1, 0.15) is 47.5 Å². The maximum absolute atomic E-state index is 12.1. The summed E-state index contributed by atoms with van der Waals surface area (Å²) in [7, 11) is 0. The van der Waals surface area contributed by atoms with Crippen molar-refractivity contribution in [3.05, 3.63) is 0 Å². The van der Waals surface area contributed by atoms with E-state index in [-0.39, 0.29) is 41.4 Å². The molecule has 0 aromatic heterocycles. The molecular formula is C16H27NO4. The van der Waals surface area contributed by atoms with Gasteiger partial charge in [-0.05, 0) is 5.92 Å². The first kappa shape index (κ1) is 17.8. The number of hydrogen-bond donors (Lipinski definition) is 0. The lowest BCUT2D eigenvalue weighted by atomic mass is 9.89. The lowest BCUT2D eigenvalue weighted by Gasteiger charge is -2.18. The van der Waals surface area contributed by atoms with Gasteiger partial charge in [-0.15, -0.1) is 0 Å². The van der Waals surface area contributed by atoms with Gasteiger partial charge in [-0.2, -0.15) is 0 Å². The summed E-state index contributed by atoms with van der Waals surface area (Å²) in [4.78, 5) is 36.8. The Bertz CT molecular complexity index is 409. The van der Waals surface area contributed by atoms with Crippen LogP contribution in [0.2, 0.25) is 0 Å². The van der Waals surface area contributed by atoms with Crippen LogP contribution < -0.4 is 0 Å². The minimum atomic E-state index is -0.352. The first-order valence-electron chi connectivity index (χ1n) is 7.60. The minimum Gasteiger partial charge on any atom is -0.379 e. The molecular weight excluding hydrogens is 270 g/mol. The topological polar surface area (TPSA) is 63.7 Å². The molecule has 120 valence electrons. The van der Waals surface area contributed by atoms with Gasteiger partial charge in [0.05, 0.1) is 19.8 Å². The molecule has 1 heterocycles. The average molecular weight is 297 g/mol. The van der Waals surface area contributed by atoms with E-state index >= 15 is 0 Å². The van der Waals surface area contributed by atoms with E-state index in [1.165, 1.54) is 4.90 Å². The summed E-state index contributed by atoms with van der Waals surface area (Å²) < 4.78 is 5.39. The second kappa shape index (κ2) is 7.16. The number of rotatable bonds is 7. The molecule has 1 rings (SSSR count). The van der Waals surface area contributed by atoms with E-state index in [9.17, 15) is 14.4 Å². The average Bonchev–Trinajstić information content (AvgIpc) is 2.64. The molecule has 0 radical (unpaired) electrons. The molecule has 1 aliphatic heterocycles. The lowest BCUT2D eigenvalue weighted by Crippen LogP contribution is -2.34. The van der Waals surface area contributed by atoms with Crippen molar-refractivity contribution in [2.45, 2.75) is 47.5 Å². The smallest absolute Gasteiger partial charge is 0.233 e. The van der Waals surface area contributed by atoms with Gasteiger partial charge in [0.15, 0.2) is 0 Å². The molecule has 1 unspecified atom stereocenters. The second-order valence-corrected chi connectivity index (χ2v) is 6.97. The third-order valence-electron chi connectivity index (χ3n) is 3.85. The third-order valence-corrected chi connectivity index (χ3v) is 3.85.